The normalized spacial score (nSPS) is 11.9. The zero-order valence-electron chi connectivity index (χ0n) is 9.44. The SMILES string of the molecule is CC(C)CC(=O)c1ccc(C(F)(F)F)c(F)c1. The molecule has 0 heterocycles. The van der Waals surface area contributed by atoms with E-state index in [1.54, 1.807) is 13.8 Å². The Labute approximate surface area is 96.4 Å². The molecule has 0 fully saturated rings. The molecule has 0 atom stereocenters. The number of hydrogen-bond acceptors (Lipinski definition) is 1. The van der Waals surface area contributed by atoms with E-state index in [9.17, 15) is 22.4 Å². The van der Waals surface area contributed by atoms with E-state index in [1.165, 1.54) is 0 Å². The molecule has 0 amide bonds. The van der Waals surface area contributed by atoms with E-state index in [4.69, 9.17) is 0 Å². The monoisotopic (exact) mass is 248 g/mol. The highest BCUT2D eigenvalue weighted by atomic mass is 19.4. The summed E-state index contributed by atoms with van der Waals surface area (Å²) < 4.78 is 50.0. The van der Waals surface area contributed by atoms with Gasteiger partial charge < -0.3 is 0 Å². The second kappa shape index (κ2) is 4.85. The standard InChI is InChI=1S/C12H12F4O/c1-7(2)5-11(17)8-3-4-9(10(13)6-8)12(14,15)16/h3-4,6-7H,5H2,1-2H3. The molecule has 0 radical (unpaired) electrons. The second-order valence-electron chi connectivity index (χ2n) is 4.21. The molecule has 0 aliphatic rings. The minimum Gasteiger partial charge on any atom is -0.294 e. The van der Waals surface area contributed by atoms with Crippen LogP contribution in [0.1, 0.15) is 36.2 Å². The number of carbonyl (C=O) groups excluding carboxylic acids is 1. The highest BCUT2D eigenvalue weighted by molar-refractivity contribution is 5.96. The lowest BCUT2D eigenvalue weighted by molar-refractivity contribution is -0.140. The fourth-order valence-corrected chi connectivity index (χ4v) is 1.41. The van der Waals surface area contributed by atoms with Gasteiger partial charge in [0.1, 0.15) is 5.82 Å². The van der Waals surface area contributed by atoms with Gasteiger partial charge in [0.25, 0.3) is 0 Å². The Bertz CT molecular complexity index is 421. The quantitative estimate of drug-likeness (QED) is 0.582. The third-order valence-corrected chi connectivity index (χ3v) is 2.19. The smallest absolute Gasteiger partial charge is 0.294 e. The molecule has 5 heteroatoms. The highest BCUT2D eigenvalue weighted by Gasteiger charge is 2.34. The number of hydrogen-bond donors (Lipinski definition) is 0. The molecule has 0 unspecified atom stereocenters. The van der Waals surface area contributed by atoms with E-state index in [-0.39, 0.29) is 23.7 Å². The Kier molecular flexibility index (Phi) is 3.91. The first-order valence-electron chi connectivity index (χ1n) is 5.11. The summed E-state index contributed by atoms with van der Waals surface area (Å²) in [5.41, 5.74) is -1.37. The van der Waals surface area contributed by atoms with E-state index in [2.05, 4.69) is 0 Å². The number of alkyl halides is 3. The number of carbonyl (C=O) groups is 1. The van der Waals surface area contributed by atoms with Gasteiger partial charge in [-0.05, 0) is 18.1 Å². The molecule has 0 bridgehead atoms. The number of halogens is 4. The highest BCUT2D eigenvalue weighted by Crippen LogP contribution is 2.31. The molecule has 0 spiro atoms. The zero-order valence-corrected chi connectivity index (χ0v) is 9.44. The van der Waals surface area contributed by atoms with E-state index in [0.717, 1.165) is 6.07 Å². The Morgan fingerprint density at radius 3 is 2.29 bits per heavy atom. The summed E-state index contributed by atoms with van der Waals surface area (Å²) in [5.74, 6) is -1.69. The lowest BCUT2D eigenvalue weighted by atomic mass is 10.00. The molecule has 0 saturated carbocycles. The molecular formula is C12H12F4O. The third-order valence-electron chi connectivity index (χ3n) is 2.19. The van der Waals surface area contributed by atoms with Gasteiger partial charge in [-0.1, -0.05) is 19.9 Å². The molecule has 1 aromatic rings. The van der Waals surface area contributed by atoms with Crippen LogP contribution in [0.15, 0.2) is 18.2 Å². The number of ketones is 1. The first kappa shape index (κ1) is 13.7. The minimum absolute atomic E-state index is 0.0239. The Morgan fingerprint density at radius 1 is 1.29 bits per heavy atom. The summed E-state index contributed by atoms with van der Waals surface area (Å²) in [6.07, 6.45) is -4.55. The number of benzene rings is 1. The van der Waals surface area contributed by atoms with Crippen molar-refractivity contribution in [1.82, 2.24) is 0 Å². The minimum atomic E-state index is -4.73. The second-order valence-corrected chi connectivity index (χ2v) is 4.21. The summed E-state index contributed by atoms with van der Waals surface area (Å²) in [6, 6.07) is 2.26. The fourth-order valence-electron chi connectivity index (χ4n) is 1.41. The Morgan fingerprint density at radius 2 is 1.88 bits per heavy atom. The van der Waals surface area contributed by atoms with Gasteiger partial charge in [-0.2, -0.15) is 13.2 Å². The molecule has 1 nitrogen and oxygen atoms in total. The summed E-state index contributed by atoms with van der Waals surface area (Å²) in [7, 11) is 0. The van der Waals surface area contributed by atoms with Crippen LogP contribution in [-0.2, 0) is 6.18 Å². The van der Waals surface area contributed by atoms with Crippen molar-refractivity contribution in [3.63, 3.8) is 0 Å². The van der Waals surface area contributed by atoms with Gasteiger partial charge in [-0.15, -0.1) is 0 Å². The van der Waals surface area contributed by atoms with Crippen LogP contribution in [-0.4, -0.2) is 5.78 Å². The van der Waals surface area contributed by atoms with Gasteiger partial charge in [0.15, 0.2) is 5.78 Å². The molecule has 1 aromatic carbocycles. The first-order valence-corrected chi connectivity index (χ1v) is 5.11. The molecule has 0 aliphatic heterocycles. The van der Waals surface area contributed by atoms with Crippen molar-refractivity contribution in [1.29, 1.82) is 0 Å². The van der Waals surface area contributed by atoms with Crippen molar-refractivity contribution in [3.05, 3.63) is 35.1 Å². The van der Waals surface area contributed by atoms with E-state index in [0.29, 0.717) is 12.1 Å². The van der Waals surface area contributed by atoms with Crippen molar-refractivity contribution in [3.8, 4) is 0 Å². The molecule has 0 saturated heterocycles. The first-order chi connectivity index (χ1) is 7.71. The average molecular weight is 248 g/mol. The summed E-state index contributed by atoms with van der Waals surface area (Å²) in [4.78, 5) is 11.5. The van der Waals surface area contributed by atoms with E-state index >= 15 is 0 Å². The maximum atomic E-state index is 13.2. The fraction of sp³-hybridized carbons (Fsp3) is 0.417. The van der Waals surface area contributed by atoms with E-state index < -0.39 is 17.6 Å². The van der Waals surface area contributed by atoms with Gasteiger partial charge in [0, 0.05) is 12.0 Å². The molecule has 1 rings (SSSR count). The van der Waals surface area contributed by atoms with Crippen molar-refractivity contribution >= 4 is 5.78 Å². The largest absolute Gasteiger partial charge is 0.419 e. The number of rotatable bonds is 3. The van der Waals surface area contributed by atoms with Crippen LogP contribution in [0.25, 0.3) is 0 Å². The van der Waals surface area contributed by atoms with Gasteiger partial charge in [0.2, 0.25) is 0 Å². The van der Waals surface area contributed by atoms with Crippen LogP contribution < -0.4 is 0 Å². The van der Waals surface area contributed by atoms with Crippen LogP contribution in [0, 0.1) is 11.7 Å². The predicted molar refractivity (Wildman–Crippen MR) is 55.2 cm³/mol. The lowest BCUT2D eigenvalue weighted by Gasteiger charge is -2.09. The van der Waals surface area contributed by atoms with Crippen LogP contribution in [0.4, 0.5) is 17.6 Å². The predicted octanol–water partition coefficient (Wildman–Crippen LogP) is 4.07. The van der Waals surface area contributed by atoms with Crippen molar-refractivity contribution in [2.75, 3.05) is 0 Å². The number of Topliss-reactive ketones (excluding diaryl/α,β-unsaturated/α-hetero) is 1. The lowest BCUT2D eigenvalue weighted by Crippen LogP contribution is -2.10. The summed E-state index contributed by atoms with van der Waals surface area (Å²) in [6.45, 7) is 3.61. The van der Waals surface area contributed by atoms with Crippen LogP contribution >= 0.6 is 0 Å². The summed E-state index contributed by atoms with van der Waals surface area (Å²) in [5, 5.41) is 0. The maximum Gasteiger partial charge on any atom is 0.419 e. The van der Waals surface area contributed by atoms with Gasteiger partial charge in [0.05, 0.1) is 5.56 Å². The van der Waals surface area contributed by atoms with Crippen molar-refractivity contribution < 1.29 is 22.4 Å². The van der Waals surface area contributed by atoms with E-state index in [1.807, 2.05) is 0 Å². The molecular weight excluding hydrogens is 236 g/mol. The third kappa shape index (κ3) is 3.54. The van der Waals surface area contributed by atoms with Gasteiger partial charge in [-0.3, -0.25) is 4.79 Å². The zero-order chi connectivity index (χ0) is 13.2. The summed E-state index contributed by atoms with van der Waals surface area (Å²) >= 11 is 0. The van der Waals surface area contributed by atoms with Crippen LogP contribution in [0.2, 0.25) is 0 Å². The topological polar surface area (TPSA) is 17.1 Å². The molecule has 94 valence electrons. The van der Waals surface area contributed by atoms with Crippen molar-refractivity contribution in [2.24, 2.45) is 5.92 Å². The molecule has 17 heavy (non-hydrogen) atoms. The average Bonchev–Trinajstić information content (AvgIpc) is 2.14. The maximum absolute atomic E-state index is 13.2. The molecule has 0 aliphatic carbocycles. The van der Waals surface area contributed by atoms with Crippen LogP contribution in [0.3, 0.4) is 0 Å². The molecule has 0 aromatic heterocycles. The Balaban J connectivity index is 3.01. The van der Waals surface area contributed by atoms with Crippen LogP contribution in [0.5, 0.6) is 0 Å². The van der Waals surface area contributed by atoms with Crippen molar-refractivity contribution in [2.45, 2.75) is 26.4 Å². The van der Waals surface area contributed by atoms with Gasteiger partial charge >= 0.3 is 6.18 Å². The van der Waals surface area contributed by atoms with Gasteiger partial charge in [-0.25, -0.2) is 4.39 Å². The molecule has 0 N–H and O–H groups in total. The Hall–Kier alpha value is -1.39.